The Bertz CT molecular complexity index is 218. The molecule has 0 amide bonds. The van der Waals surface area contributed by atoms with E-state index in [1.807, 2.05) is 0 Å². The van der Waals surface area contributed by atoms with Crippen molar-refractivity contribution in [2.45, 2.75) is 80.1 Å². The largest absolute Gasteiger partial charge is 0.0651 e. The third kappa shape index (κ3) is 5.33. The van der Waals surface area contributed by atoms with E-state index in [2.05, 4.69) is 41.5 Å². The normalized spacial score (nSPS) is 28.2. The minimum Gasteiger partial charge on any atom is -0.0651 e. The first-order valence-corrected chi connectivity index (χ1v) is 8.45. The van der Waals surface area contributed by atoms with Crippen molar-refractivity contribution < 1.29 is 0 Å². The highest BCUT2D eigenvalue weighted by atomic mass is 14.4. The van der Waals surface area contributed by atoms with E-state index < -0.39 is 0 Å². The molecule has 5 atom stereocenters. The molecule has 0 radical (unpaired) electrons. The van der Waals surface area contributed by atoms with Crippen molar-refractivity contribution in [3.8, 4) is 0 Å². The monoisotopic (exact) mass is 252 g/mol. The first kappa shape index (κ1) is 16.1. The smallest absolute Gasteiger partial charge is 0.0380 e. The summed E-state index contributed by atoms with van der Waals surface area (Å²) in [5, 5.41) is 0. The van der Waals surface area contributed by atoms with E-state index in [-0.39, 0.29) is 0 Å². The van der Waals surface area contributed by atoms with Crippen LogP contribution in [0.1, 0.15) is 80.1 Å². The lowest BCUT2D eigenvalue weighted by Crippen LogP contribution is -2.14. The average Bonchev–Trinajstić information content (AvgIpc) is 3.05. The number of hydrogen-bond donors (Lipinski definition) is 0. The van der Waals surface area contributed by atoms with Gasteiger partial charge >= 0.3 is 0 Å². The maximum absolute atomic E-state index is 2.45. The first-order valence-electron chi connectivity index (χ1n) is 8.45. The maximum atomic E-state index is 2.45. The summed E-state index contributed by atoms with van der Waals surface area (Å²) in [5.74, 6) is 5.80. The molecule has 1 saturated carbocycles. The molecule has 0 bridgehead atoms. The predicted octanol–water partition coefficient (Wildman–Crippen LogP) is 6.16. The highest BCUT2D eigenvalue weighted by Gasteiger charge is 2.36. The molecule has 18 heavy (non-hydrogen) atoms. The lowest BCUT2D eigenvalue weighted by molar-refractivity contribution is 0.273. The van der Waals surface area contributed by atoms with E-state index in [9.17, 15) is 0 Å². The van der Waals surface area contributed by atoms with Crippen molar-refractivity contribution in [1.29, 1.82) is 0 Å². The summed E-state index contributed by atoms with van der Waals surface area (Å²) in [7, 11) is 0. The molecule has 0 N–H and O–H groups in total. The van der Waals surface area contributed by atoms with E-state index >= 15 is 0 Å². The molecule has 1 rings (SSSR count). The van der Waals surface area contributed by atoms with Crippen LogP contribution < -0.4 is 0 Å². The Balaban J connectivity index is 2.06. The van der Waals surface area contributed by atoms with E-state index in [0.717, 1.165) is 35.5 Å². The molecule has 0 heterocycles. The second-order valence-electron chi connectivity index (χ2n) is 7.52. The van der Waals surface area contributed by atoms with Gasteiger partial charge in [0.15, 0.2) is 0 Å². The maximum Gasteiger partial charge on any atom is -0.0380 e. The molecule has 0 aliphatic heterocycles. The van der Waals surface area contributed by atoms with Crippen LogP contribution in [0.5, 0.6) is 0 Å². The van der Waals surface area contributed by atoms with Gasteiger partial charge in [0.05, 0.1) is 0 Å². The zero-order valence-corrected chi connectivity index (χ0v) is 13.7. The van der Waals surface area contributed by atoms with Crippen LogP contribution in [-0.4, -0.2) is 0 Å². The first-order chi connectivity index (χ1) is 8.45. The lowest BCUT2D eigenvalue weighted by atomic mass is 9.83. The Morgan fingerprint density at radius 1 is 1.00 bits per heavy atom. The van der Waals surface area contributed by atoms with Crippen LogP contribution in [0.25, 0.3) is 0 Å². The summed E-state index contributed by atoms with van der Waals surface area (Å²) >= 11 is 0. The zero-order valence-electron chi connectivity index (χ0n) is 13.7. The highest BCUT2D eigenvalue weighted by Crippen LogP contribution is 2.47. The highest BCUT2D eigenvalue weighted by molar-refractivity contribution is 4.87. The molecule has 5 unspecified atom stereocenters. The van der Waals surface area contributed by atoms with Crippen molar-refractivity contribution in [2.24, 2.45) is 35.5 Å². The molecule has 0 spiro atoms. The molecule has 0 aromatic rings. The number of rotatable bonds is 9. The standard InChI is InChI=1S/C18H36/c1-7-14(4)11-18-12-17(18)10-8-9-15(5)16(6)13(2)3/h13-18H,7-12H2,1-6H3. The molecule has 0 heteroatoms. The van der Waals surface area contributed by atoms with Gasteiger partial charge in [0.1, 0.15) is 0 Å². The van der Waals surface area contributed by atoms with Crippen LogP contribution in [0.2, 0.25) is 0 Å². The van der Waals surface area contributed by atoms with Gasteiger partial charge in [-0.05, 0) is 48.3 Å². The molecule has 1 fully saturated rings. The molecule has 0 saturated heterocycles. The van der Waals surface area contributed by atoms with Crippen molar-refractivity contribution in [3.05, 3.63) is 0 Å². The van der Waals surface area contributed by atoms with Crippen molar-refractivity contribution in [1.82, 2.24) is 0 Å². The SMILES string of the molecule is CCC(C)CC1CC1CCCC(C)C(C)C(C)C. The van der Waals surface area contributed by atoms with Crippen molar-refractivity contribution >= 4 is 0 Å². The van der Waals surface area contributed by atoms with E-state index in [1.165, 1.54) is 32.1 Å². The van der Waals surface area contributed by atoms with E-state index in [4.69, 9.17) is 0 Å². The minimum absolute atomic E-state index is 0.846. The number of hydrogen-bond acceptors (Lipinski definition) is 0. The molecule has 0 aromatic carbocycles. The van der Waals surface area contributed by atoms with Gasteiger partial charge in [-0.25, -0.2) is 0 Å². The van der Waals surface area contributed by atoms with Gasteiger partial charge in [0.2, 0.25) is 0 Å². The lowest BCUT2D eigenvalue weighted by Gasteiger charge is -2.23. The molecule has 1 aliphatic carbocycles. The van der Waals surface area contributed by atoms with Gasteiger partial charge in [-0.1, -0.05) is 67.2 Å². The fraction of sp³-hybridized carbons (Fsp3) is 1.00. The summed E-state index contributed by atoms with van der Waals surface area (Å²) in [6, 6.07) is 0. The average molecular weight is 252 g/mol. The Morgan fingerprint density at radius 2 is 1.67 bits per heavy atom. The zero-order chi connectivity index (χ0) is 13.7. The van der Waals surface area contributed by atoms with Crippen LogP contribution >= 0.6 is 0 Å². The van der Waals surface area contributed by atoms with Crippen LogP contribution in [-0.2, 0) is 0 Å². The summed E-state index contributed by atoms with van der Waals surface area (Å²) in [6.45, 7) is 14.4. The second kappa shape index (κ2) is 7.56. The Hall–Kier alpha value is 0. The third-order valence-corrected chi connectivity index (χ3v) is 5.65. The van der Waals surface area contributed by atoms with E-state index in [0.29, 0.717) is 0 Å². The van der Waals surface area contributed by atoms with Crippen molar-refractivity contribution in [3.63, 3.8) is 0 Å². The Morgan fingerprint density at radius 3 is 2.22 bits per heavy atom. The van der Waals surface area contributed by atoms with Gasteiger partial charge in [-0.3, -0.25) is 0 Å². The van der Waals surface area contributed by atoms with Gasteiger partial charge in [0.25, 0.3) is 0 Å². The minimum atomic E-state index is 0.846. The molecular formula is C18H36. The fourth-order valence-electron chi connectivity index (χ4n) is 3.26. The summed E-state index contributed by atoms with van der Waals surface area (Å²) < 4.78 is 0. The Kier molecular flexibility index (Phi) is 6.74. The summed E-state index contributed by atoms with van der Waals surface area (Å²) in [4.78, 5) is 0. The summed E-state index contributed by atoms with van der Waals surface area (Å²) in [6.07, 6.45) is 8.84. The van der Waals surface area contributed by atoms with Gasteiger partial charge in [-0.2, -0.15) is 0 Å². The van der Waals surface area contributed by atoms with Gasteiger partial charge in [-0.15, -0.1) is 0 Å². The van der Waals surface area contributed by atoms with Gasteiger partial charge < -0.3 is 0 Å². The predicted molar refractivity (Wildman–Crippen MR) is 82.7 cm³/mol. The third-order valence-electron chi connectivity index (χ3n) is 5.65. The molecule has 0 nitrogen and oxygen atoms in total. The van der Waals surface area contributed by atoms with Crippen LogP contribution in [0.4, 0.5) is 0 Å². The quantitative estimate of drug-likeness (QED) is 0.461. The van der Waals surface area contributed by atoms with Crippen LogP contribution in [0.15, 0.2) is 0 Å². The molecular weight excluding hydrogens is 216 g/mol. The van der Waals surface area contributed by atoms with Gasteiger partial charge in [0, 0.05) is 0 Å². The van der Waals surface area contributed by atoms with Crippen molar-refractivity contribution in [2.75, 3.05) is 0 Å². The van der Waals surface area contributed by atoms with Crippen LogP contribution in [0, 0.1) is 35.5 Å². The Labute approximate surface area is 116 Å². The fourth-order valence-corrected chi connectivity index (χ4v) is 3.26. The van der Waals surface area contributed by atoms with E-state index in [1.54, 1.807) is 6.42 Å². The summed E-state index contributed by atoms with van der Waals surface area (Å²) in [5.41, 5.74) is 0. The molecule has 108 valence electrons. The molecule has 0 aromatic heterocycles. The topological polar surface area (TPSA) is 0 Å². The second-order valence-corrected chi connectivity index (χ2v) is 7.52. The van der Waals surface area contributed by atoms with Crippen LogP contribution in [0.3, 0.4) is 0 Å². The molecule has 1 aliphatic rings.